The molecule has 5 rings (SSSR count). The van der Waals surface area contributed by atoms with Crippen molar-refractivity contribution in [3.63, 3.8) is 0 Å². The first-order chi connectivity index (χ1) is 16.9. The molecule has 0 bridgehead atoms. The van der Waals surface area contributed by atoms with E-state index in [0.717, 1.165) is 12.1 Å². The fourth-order valence-electron chi connectivity index (χ4n) is 4.55. The largest absolute Gasteiger partial charge is 0.477 e. The van der Waals surface area contributed by atoms with Gasteiger partial charge in [-0.05, 0) is 55.8 Å². The first kappa shape index (κ1) is 22.8. The zero-order chi connectivity index (χ0) is 24.7. The van der Waals surface area contributed by atoms with Gasteiger partial charge >= 0.3 is 5.97 Å². The van der Waals surface area contributed by atoms with Crippen LogP contribution in [0.5, 0.6) is 0 Å². The summed E-state index contributed by atoms with van der Waals surface area (Å²) in [6.07, 6.45) is 2.15. The molecule has 1 fully saturated rings. The molecule has 0 unspecified atom stereocenters. The van der Waals surface area contributed by atoms with Gasteiger partial charge in [-0.2, -0.15) is 0 Å². The normalized spacial score (nSPS) is 13.9. The smallest absolute Gasteiger partial charge is 0.341 e. The molecule has 0 atom stereocenters. The third kappa shape index (κ3) is 4.19. The summed E-state index contributed by atoms with van der Waals surface area (Å²) in [4.78, 5) is 30.7. The van der Waals surface area contributed by atoms with Crippen molar-refractivity contribution in [2.45, 2.75) is 25.9 Å². The number of anilines is 2. The minimum absolute atomic E-state index is 0.164. The molecule has 1 saturated heterocycles. The van der Waals surface area contributed by atoms with Gasteiger partial charge in [-0.25, -0.2) is 14.2 Å². The fourth-order valence-corrected chi connectivity index (χ4v) is 4.55. The van der Waals surface area contributed by atoms with E-state index >= 15 is 4.39 Å². The molecule has 0 saturated carbocycles. The number of carboxylic acid groups (broad SMARTS) is 1. The Morgan fingerprint density at radius 3 is 2.63 bits per heavy atom. The maximum absolute atomic E-state index is 15.0. The second-order valence-corrected chi connectivity index (χ2v) is 8.80. The monoisotopic (exact) mass is 475 g/mol. The van der Waals surface area contributed by atoms with Crippen molar-refractivity contribution >= 4 is 39.3 Å². The van der Waals surface area contributed by atoms with Crippen LogP contribution >= 0.6 is 0 Å². The molecule has 2 aromatic carbocycles. The van der Waals surface area contributed by atoms with Crippen molar-refractivity contribution < 1.29 is 14.3 Å². The minimum Gasteiger partial charge on any atom is -0.477 e. The third-order valence-corrected chi connectivity index (χ3v) is 6.46. The molecule has 4 aromatic rings. The number of nitrogens with one attached hydrogen (secondary N) is 1. The van der Waals surface area contributed by atoms with Crippen LogP contribution in [-0.2, 0) is 13.0 Å². The Bertz CT molecular complexity index is 1490. The predicted octanol–water partition coefficient (Wildman–Crippen LogP) is 3.21. The summed E-state index contributed by atoms with van der Waals surface area (Å²) in [5.74, 6) is -1.71. The number of rotatable bonds is 7. The van der Waals surface area contributed by atoms with E-state index in [4.69, 9.17) is 5.73 Å². The number of aromatic nitrogens is 2. The molecule has 0 amide bonds. The van der Waals surface area contributed by atoms with Gasteiger partial charge in [0.2, 0.25) is 5.43 Å². The first-order valence-corrected chi connectivity index (χ1v) is 11.6. The van der Waals surface area contributed by atoms with E-state index in [-0.39, 0.29) is 17.0 Å². The van der Waals surface area contributed by atoms with Crippen LogP contribution in [0.2, 0.25) is 0 Å². The minimum atomic E-state index is -1.30. The maximum atomic E-state index is 15.0. The van der Waals surface area contributed by atoms with Crippen LogP contribution in [0.15, 0.2) is 53.5 Å². The number of halogens is 1. The van der Waals surface area contributed by atoms with E-state index in [9.17, 15) is 14.7 Å². The lowest BCUT2D eigenvalue weighted by atomic mass is 10.0. The van der Waals surface area contributed by atoms with E-state index in [1.54, 1.807) is 10.6 Å². The van der Waals surface area contributed by atoms with Crippen molar-refractivity contribution in [1.29, 1.82) is 0 Å². The number of nitrogens with two attached hydrogens (primary N) is 1. The van der Waals surface area contributed by atoms with E-state index in [0.29, 0.717) is 48.4 Å². The second-order valence-electron chi connectivity index (χ2n) is 8.80. The number of carbonyl (C=O) groups is 1. The molecule has 4 N–H and O–H groups in total. The third-order valence-electron chi connectivity index (χ3n) is 6.46. The number of hydrogen-bond acceptors (Lipinski definition) is 6. The van der Waals surface area contributed by atoms with Gasteiger partial charge in [0.1, 0.15) is 17.0 Å². The number of aromatic carboxylic acids is 1. The zero-order valence-electron chi connectivity index (χ0n) is 19.3. The number of pyridine rings is 2. The van der Waals surface area contributed by atoms with Gasteiger partial charge in [0, 0.05) is 36.9 Å². The molecule has 180 valence electrons. The first-order valence-electron chi connectivity index (χ1n) is 11.6. The van der Waals surface area contributed by atoms with Gasteiger partial charge in [-0.3, -0.25) is 4.79 Å². The lowest BCUT2D eigenvalue weighted by molar-refractivity contribution is 0.0695. The summed E-state index contributed by atoms with van der Waals surface area (Å²) in [6, 6.07) is 12.9. The SMILES string of the molecule is CCn1cc(C(=O)O)c(=O)c2cc3cc(F)c(N4CC(Nc5ccc(CCN)cc5)C4)cc3nc21. The Balaban J connectivity index is 1.41. The molecule has 2 aromatic heterocycles. The summed E-state index contributed by atoms with van der Waals surface area (Å²) >= 11 is 0. The summed E-state index contributed by atoms with van der Waals surface area (Å²) in [7, 11) is 0. The highest BCUT2D eigenvalue weighted by Gasteiger charge is 2.29. The van der Waals surface area contributed by atoms with Crippen molar-refractivity contribution in [3.05, 3.63) is 75.8 Å². The molecule has 0 radical (unpaired) electrons. The standard InChI is InChI=1S/C26H26FN5O3/c1-2-31-14-20(26(34)35)24(33)19-9-16-10-21(27)23(11-22(16)30-25(19)31)32-12-18(13-32)29-17-5-3-15(4-6-17)7-8-28/h3-6,9-11,14,18,29H,2,7-8,12-13,28H2,1H3,(H,34,35). The van der Waals surface area contributed by atoms with Gasteiger partial charge in [0.05, 0.1) is 22.6 Å². The topological polar surface area (TPSA) is 113 Å². The number of fused-ring (bicyclic) bond motifs is 2. The molecular formula is C26H26FN5O3. The Kier molecular flexibility index (Phi) is 5.86. The molecule has 9 heteroatoms. The van der Waals surface area contributed by atoms with Crippen LogP contribution < -0.4 is 21.4 Å². The second kappa shape index (κ2) is 8.99. The van der Waals surface area contributed by atoms with Crippen LogP contribution in [0.25, 0.3) is 21.9 Å². The lowest BCUT2D eigenvalue weighted by Gasteiger charge is -2.42. The highest BCUT2D eigenvalue weighted by molar-refractivity contribution is 5.96. The average molecular weight is 476 g/mol. The van der Waals surface area contributed by atoms with Gasteiger partial charge in [0.25, 0.3) is 0 Å². The van der Waals surface area contributed by atoms with E-state index in [2.05, 4.69) is 22.4 Å². The van der Waals surface area contributed by atoms with Crippen LogP contribution in [0.1, 0.15) is 22.8 Å². The van der Waals surface area contributed by atoms with E-state index in [1.807, 2.05) is 24.0 Å². The van der Waals surface area contributed by atoms with Crippen molar-refractivity contribution in [2.75, 3.05) is 29.9 Å². The van der Waals surface area contributed by atoms with Gasteiger partial charge in [0.15, 0.2) is 0 Å². The van der Waals surface area contributed by atoms with Crippen LogP contribution in [0, 0.1) is 5.82 Å². The molecule has 1 aliphatic rings. The van der Waals surface area contributed by atoms with Crippen molar-refractivity contribution in [1.82, 2.24) is 9.55 Å². The molecule has 0 aliphatic carbocycles. The van der Waals surface area contributed by atoms with Crippen LogP contribution in [0.3, 0.4) is 0 Å². The van der Waals surface area contributed by atoms with E-state index < -0.39 is 17.2 Å². The number of carboxylic acids is 1. The molecule has 1 aliphatic heterocycles. The highest BCUT2D eigenvalue weighted by Crippen LogP contribution is 2.30. The highest BCUT2D eigenvalue weighted by atomic mass is 19.1. The summed E-state index contributed by atoms with van der Waals surface area (Å²) < 4.78 is 16.7. The van der Waals surface area contributed by atoms with Crippen molar-refractivity contribution in [3.8, 4) is 0 Å². The zero-order valence-corrected chi connectivity index (χ0v) is 19.3. The molecule has 35 heavy (non-hydrogen) atoms. The fraction of sp³-hybridized carbons (Fsp3) is 0.269. The van der Waals surface area contributed by atoms with Gasteiger partial charge in [-0.1, -0.05) is 12.1 Å². The Morgan fingerprint density at radius 2 is 1.97 bits per heavy atom. The lowest BCUT2D eigenvalue weighted by Crippen LogP contribution is -2.55. The molecule has 8 nitrogen and oxygen atoms in total. The number of aryl methyl sites for hydroxylation is 1. The summed E-state index contributed by atoms with van der Waals surface area (Å²) in [5.41, 5.74) is 8.24. The average Bonchev–Trinajstić information content (AvgIpc) is 2.81. The number of nitrogens with zero attached hydrogens (tertiary/aromatic N) is 3. The molecule has 3 heterocycles. The van der Waals surface area contributed by atoms with E-state index in [1.165, 1.54) is 23.9 Å². The Morgan fingerprint density at radius 1 is 1.23 bits per heavy atom. The summed E-state index contributed by atoms with van der Waals surface area (Å²) in [6.45, 7) is 4.18. The number of benzene rings is 2. The summed E-state index contributed by atoms with van der Waals surface area (Å²) in [5, 5.41) is 13.5. The molecule has 0 spiro atoms. The van der Waals surface area contributed by atoms with Gasteiger partial charge in [-0.15, -0.1) is 0 Å². The van der Waals surface area contributed by atoms with Gasteiger partial charge < -0.3 is 25.6 Å². The Labute approximate surface area is 200 Å². The number of hydrogen-bond donors (Lipinski definition) is 3. The molecular weight excluding hydrogens is 449 g/mol. The Hall–Kier alpha value is -3.98. The predicted molar refractivity (Wildman–Crippen MR) is 135 cm³/mol. The quantitative estimate of drug-likeness (QED) is 0.352. The van der Waals surface area contributed by atoms with Crippen LogP contribution in [-0.4, -0.2) is 46.3 Å². The van der Waals surface area contributed by atoms with Crippen LogP contribution in [0.4, 0.5) is 15.8 Å². The van der Waals surface area contributed by atoms with Crippen molar-refractivity contribution in [2.24, 2.45) is 5.73 Å². The maximum Gasteiger partial charge on any atom is 0.341 e.